The number of benzene rings is 1. The van der Waals surface area contributed by atoms with Gasteiger partial charge in [0, 0.05) is 37.8 Å². The molecule has 126 valence electrons. The van der Waals surface area contributed by atoms with Gasteiger partial charge in [0.2, 0.25) is 10.0 Å². The van der Waals surface area contributed by atoms with Crippen LogP contribution < -0.4 is 5.73 Å². The molecule has 0 unspecified atom stereocenters. The first-order valence-electron chi connectivity index (χ1n) is 7.71. The summed E-state index contributed by atoms with van der Waals surface area (Å²) in [6.07, 6.45) is 0.673. The molecule has 1 amide bonds. The van der Waals surface area contributed by atoms with E-state index >= 15 is 0 Å². The van der Waals surface area contributed by atoms with E-state index in [1.807, 2.05) is 0 Å². The molecule has 0 aromatic heterocycles. The van der Waals surface area contributed by atoms with Crippen LogP contribution in [-0.4, -0.2) is 69.0 Å². The monoisotopic (exact) mass is 339 g/mol. The number of amides is 1. The number of nitrogens with zero attached hydrogens (tertiary/aromatic N) is 2. The van der Waals surface area contributed by atoms with Crippen molar-refractivity contribution in [1.29, 1.82) is 0 Å². The van der Waals surface area contributed by atoms with E-state index in [1.165, 1.54) is 16.4 Å². The second-order valence-electron chi connectivity index (χ2n) is 5.84. The molecule has 1 aromatic rings. The Labute approximate surface area is 136 Å². The molecular formula is C15H21N3O4S. The summed E-state index contributed by atoms with van der Waals surface area (Å²) in [6.45, 7) is 2.98. The SMILES string of the molecule is N[C@@H]1CCN(S(=O)(=O)c2ccc(C(=O)N3CCOCC3)cc2)C1. The largest absolute Gasteiger partial charge is 0.378 e. The Bertz CT molecular complexity index is 668. The van der Waals surface area contributed by atoms with Crippen LogP contribution in [0.3, 0.4) is 0 Å². The molecule has 2 heterocycles. The van der Waals surface area contributed by atoms with E-state index < -0.39 is 10.0 Å². The smallest absolute Gasteiger partial charge is 0.254 e. The van der Waals surface area contributed by atoms with E-state index in [4.69, 9.17) is 10.5 Å². The van der Waals surface area contributed by atoms with Crippen molar-refractivity contribution >= 4 is 15.9 Å². The minimum absolute atomic E-state index is 0.0968. The topological polar surface area (TPSA) is 92.9 Å². The first-order chi connectivity index (χ1) is 11.0. The lowest BCUT2D eigenvalue weighted by atomic mass is 10.2. The molecule has 2 saturated heterocycles. The van der Waals surface area contributed by atoms with Crippen LogP contribution in [0.1, 0.15) is 16.8 Å². The average molecular weight is 339 g/mol. The molecule has 3 rings (SSSR count). The molecule has 2 aliphatic heterocycles. The van der Waals surface area contributed by atoms with Crippen LogP contribution in [-0.2, 0) is 14.8 Å². The third kappa shape index (κ3) is 3.40. The van der Waals surface area contributed by atoms with Gasteiger partial charge in [0.05, 0.1) is 18.1 Å². The number of hydrogen-bond acceptors (Lipinski definition) is 5. The molecule has 0 aliphatic carbocycles. The van der Waals surface area contributed by atoms with Crippen molar-refractivity contribution < 1.29 is 17.9 Å². The third-order valence-electron chi connectivity index (χ3n) is 4.22. The Morgan fingerprint density at radius 2 is 1.78 bits per heavy atom. The van der Waals surface area contributed by atoms with Gasteiger partial charge in [-0.3, -0.25) is 4.79 Å². The number of carbonyl (C=O) groups is 1. The maximum absolute atomic E-state index is 12.5. The van der Waals surface area contributed by atoms with Crippen LogP contribution in [0.15, 0.2) is 29.2 Å². The predicted octanol–water partition coefficient (Wildman–Crippen LogP) is -0.119. The Morgan fingerprint density at radius 1 is 1.13 bits per heavy atom. The van der Waals surface area contributed by atoms with Crippen LogP contribution in [0.25, 0.3) is 0 Å². The Balaban J connectivity index is 1.75. The highest BCUT2D eigenvalue weighted by Crippen LogP contribution is 2.21. The molecule has 0 saturated carbocycles. The van der Waals surface area contributed by atoms with Gasteiger partial charge >= 0.3 is 0 Å². The van der Waals surface area contributed by atoms with E-state index in [9.17, 15) is 13.2 Å². The number of ether oxygens (including phenoxy) is 1. The van der Waals surface area contributed by atoms with E-state index in [2.05, 4.69) is 0 Å². The summed E-state index contributed by atoms with van der Waals surface area (Å²) in [5.41, 5.74) is 6.27. The normalized spacial score (nSPS) is 23.2. The molecule has 2 fully saturated rings. The van der Waals surface area contributed by atoms with Gasteiger partial charge in [-0.05, 0) is 30.7 Å². The fraction of sp³-hybridized carbons (Fsp3) is 0.533. The number of morpholine rings is 1. The second-order valence-corrected chi connectivity index (χ2v) is 7.78. The molecule has 23 heavy (non-hydrogen) atoms. The lowest BCUT2D eigenvalue weighted by Gasteiger charge is -2.27. The molecule has 2 aliphatic rings. The fourth-order valence-electron chi connectivity index (χ4n) is 2.84. The van der Waals surface area contributed by atoms with Crippen molar-refractivity contribution in [3.63, 3.8) is 0 Å². The van der Waals surface area contributed by atoms with Gasteiger partial charge in [0.1, 0.15) is 0 Å². The lowest BCUT2D eigenvalue weighted by molar-refractivity contribution is 0.0303. The van der Waals surface area contributed by atoms with Gasteiger partial charge in [0.15, 0.2) is 0 Å². The number of nitrogens with two attached hydrogens (primary N) is 1. The van der Waals surface area contributed by atoms with Crippen LogP contribution in [0.5, 0.6) is 0 Å². The zero-order valence-electron chi connectivity index (χ0n) is 12.8. The van der Waals surface area contributed by atoms with E-state index in [0.717, 1.165) is 0 Å². The van der Waals surface area contributed by atoms with Gasteiger partial charge < -0.3 is 15.4 Å². The highest BCUT2D eigenvalue weighted by molar-refractivity contribution is 7.89. The van der Waals surface area contributed by atoms with Crippen molar-refractivity contribution in [2.75, 3.05) is 39.4 Å². The summed E-state index contributed by atoms with van der Waals surface area (Å²) in [6, 6.07) is 6.02. The summed E-state index contributed by atoms with van der Waals surface area (Å²) in [5.74, 6) is -0.0968. The van der Waals surface area contributed by atoms with Crippen LogP contribution >= 0.6 is 0 Å². The summed E-state index contributed by atoms with van der Waals surface area (Å²) in [5, 5.41) is 0. The highest BCUT2D eigenvalue weighted by Gasteiger charge is 2.31. The first-order valence-corrected chi connectivity index (χ1v) is 9.15. The van der Waals surface area contributed by atoms with Gasteiger partial charge in [0.25, 0.3) is 5.91 Å². The molecule has 1 aromatic carbocycles. The number of hydrogen-bond donors (Lipinski definition) is 1. The Morgan fingerprint density at radius 3 is 2.35 bits per heavy atom. The van der Waals surface area contributed by atoms with E-state index in [1.54, 1.807) is 17.0 Å². The standard InChI is InChI=1S/C15H21N3O4S/c16-13-5-6-18(11-13)23(20,21)14-3-1-12(2-4-14)15(19)17-7-9-22-10-8-17/h1-4,13H,5-11,16H2/t13-/m1/s1. The lowest BCUT2D eigenvalue weighted by Crippen LogP contribution is -2.40. The van der Waals surface area contributed by atoms with E-state index in [-0.39, 0.29) is 16.8 Å². The van der Waals surface area contributed by atoms with Crippen LogP contribution in [0.2, 0.25) is 0 Å². The van der Waals surface area contributed by atoms with Crippen molar-refractivity contribution in [1.82, 2.24) is 9.21 Å². The van der Waals surface area contributed by atoms with Crippen LogP contribution in [0.4, 0.5) is 0 Å². The zero-order chi connectivity index (χ0) is 16.4. The second kappa shape index (κ2) is 6.56. The van der Waals surface area contributed by atoms with Gasteiger partial charge in [-0.1, -0.05) is 0 Å². The molecule has 8 heteroatoms. The minimum atomic E-state index is -3.53. The highest BCUT2D eigenvalue weighted by atomic mass is 32.2. The summed E-state index contributed by atoms with van der Waals surface area (Å²) >= 11 is 0. The van der Waals surface area contributed by atoms with Gasteiger partial charge in [-0.2, -0.15) is 4.31 Å². The molecule has 0 bridgehead atoms. The average Bonchev–Trinajstić information content (AvgIpc) is 3.02. The molecule has 2 N–H and O–H groups in total. The van der Waals surface area contributed by atoms with Gasteiger partial charge in [-0.15, -0.1) is 0 Å². The van der Waals surface area contributed by atoms with Crippen molar-refractivity contribution in [3.05, 3.63) is 29.8 Å². The minimum Gasteiger partial charge on any atom is -0.378 e. The Hall–Kier alpha value is -1.48. The zero-order valence-corrected chi connectivity index (χ0v) is 13.7. The van der Waals surface area contributed by atoms with E-state index in [0.29, 0.717) is 51.4 Å². The maximum atomic E-state index is 12.5. The number of carbonyl (C=O) groups excluding carboxylic acids is 1. The molecule has 1 atom stereocenters. The summed E-state index contributed by atoms with van der Waals surface area (Å²) < 4.78 is 31.7. The third-order valence-corrected chi connectivity index (χ3v) is 6.10. The molecule has 7 nitrogen and oxygen atoms in total. The fourth-order valence-corrected chi connectivity index (χ4v) is 4.35. The van der Waals surface area contributed by atoms with Crippen molar-refractivity contribution in [2.45, 2.75) is 17.4 Å². The predicted molar refractivity (Wildman–Crippen MR) is 84.5 cm³/mol. The van der Waals surface area contributed by atoms with Gasteiger partial charge in [-0.25, -0.2) is 8.42 Å². The number of sulfonamides is 1. The summed E-state index contributed by atoms with van der Waals surface area (Å²) in [4.78, 5) is 14.3. The maximum Gasteiger partial charge on any atom is 0.254 e. The quantitative estimate of drug-likeness (QED) is 0.829. The molecule has 0 radical (unpaired) electrons. The molecular weight excluding hydrogens is 318 g/mol. The van der Waals surface area contributed by atoms with Crippen molar-refractivity contribution in [2.24, 2.45) is 5.73 Å². The number of rotatable bonds is 3. The van der Waals surface area contributed by atoms with Crippen LogP contribution in [0, 0.1) is 0 Å². The van der Waals surface area contributed by atoms with Crippen molar-refractivity contribution in [3.8, 4) is 0 Å². The first kappa shape index (κ1) is 16.4. The summed E-state index contributed by atoms with van der Waals surface area (Å²) in [7, 11) is -3.53. The molecule has 0 spiro atoms. The Kier molecular flexibility index (Phi) is 4.67.